The lowest BCUT2D eigenvalue weighted by molar-refractivity contribution is -0.140. The van der Waals surface area contributed by atoms with Gasteiger partial charge >= 0.3 is 0 Å². The van der Waals surface area contributed by atoms with Gasteiger partial charge in [-0.05, 0) is 112 Å². The molecule has 0 amide bonds. The zero-order valence-corrected chi connectivity index (χ0v) is 19.8. The molecule has 2 heteroatoms. The summed E-state index contributed by atoms with van der Waals surface area (Å²) in [5, 5.41) is 10.1. The Labute approximate surface area is 179 Å². The van der Waals surface area contributed by atoms with Crippen molar-refractivity contribution in [3.63, 3.8) is 0 Å². The number of fused-ring (bicyclic) bond motifs is 5. The van der Waals surface area contributed by atoms with Crippen molar-refractivity contribution in [2.45, 2.75) is 117 Å². The average Bonchev–Trinajstić information content (AvgIpc) is 2.98. The first kappa shape index (κ1) is 21.8. The molecule has 1 unspecified atom stereocenters. The molecule has 4 fully saturated rings. The monoisotopic (exact) mass is 402 g/mol. The first-order valence-electron chi connectivity index (χ1n) is 12.8. The Kier molecular flexibility index (Phi) is 5.76. The van der Waals surface area contributed by atoms with Gasteiger partial charge in [0.1, 0.15) is 5.78 Å². The molecule has 4 saturated carbocycles. The van der Waals surface area contributed by atoms with E-state index in [2.05, 4.69) is 20.8 Å². The Morgan fingerprint density at radius 1 is 1.03 bits per heavy atom. The topological polar surface area (TPSA) is 37.3 Å². The van der Waals surface area contributed by atoms with Gasteiger partial charge in [-0.2, -0.15) is 0 Å². The molecule has 4 rings (SSSR count). The number of ketones is 1. The maximum absolute atomic E-state index is 12.1. The second kappa shape index (κ2) is 7.64. The maximum atomic E-state index is 12.1. The van der Waals surface area contributed by atoms with Crippen LogP contribution in [0.1, 0.15) is 112 Å². The molecule has 0 aromatic heterocycles. The van der Waals surface area contributed by atoms with Crippen molar-refractivity contribution in [3.05, 3.63) is 0 Å². The van der Waals surface area contributed by atoms with Gasteiger partial charge in [0, 0.05) is 12.8 Å². The highest BCUT2D eigenvalue weighted by molar-refractivity contribution is 5.79. The molecule has 0 aromatic carbocycles. The molecule has 4 aliphatic carbocycles. The number of hydrogen-bond acceptors (Lipinski definition) is 2. The quantitative estimate of drug-likeness (QED) is 0.549. The van der Waals surface area contributed by atoms with Crippen LogP contribution >= 0.6 is 0 Å². The molecule has 8 atom stereocenters. The van der Waals surface area contributed by atoms with Crippen molar-refractivity contribution in [2.75, 3.05) is 0 Å². The van der Waals surface area contributed by atoms with Crippen LogP contribution in [0.5, 0.6) is 0 Å². The normalized spacial score (nSPS) is 46.0. The van der Waals surface area contributed by atoms with Gasteiger partial charge in [-0.25, -0.2) is 0 Å². The van der Waals surface area contributed by atoms with Crippen LogP contribution in [0.3, 0.4) is 0 Å². The van der Waals surface area contributed by atoms with E-state index >= 15 is 0 Å². The summed E-state index contributed by atoms with van der Waals surface area (Å²) in [5.41, 5.74) is 0.451. The van der Waals surface area contributed by atoms with Crippen molar-refractivity contribution in [3.8, 4) is 0 Å². The first-order valence-corrected chi connectivity index (χ1v) is 12.8. The summed E-state index contributed by atoms with van der Waals surface area (Å²) in [4.78, 5) is 12.1. The predicted octanol–water partition coefficient (Wildman–Crippen LogP) is 6.79. The third-order valence-corrected chi connectivity index (χ3v) is 10.7. The minimum atomic E-state index is -0.518. The molecule has 4 aliphatic rings. The average molecular weight is 403 g/mol. The molecule has 0 aliphatic heterocycles. The smallest absolute Gasteiger partial charge is 0.133 e. The molecular weight excluding hydrogens is 356 g/mol. The van der Waals surface area contributed by atoms with Crippen molar-refractivity contribution >= 4 is 5.78 Å². The van der Waals surface area contributed by atoms with Crippen molar-refractivity contribution < 1.29 is 9.90 Å². The van der Waals surface area contributed by atoms with Crippen LogP contribution in [0.25, 0.3) is 0 Å². The third kappa shape index (κ3) is 3.85. The van der Waals surface area contributed by atoms with Gasteiger partial charge in [0.25, 0.3) is 0 Å². The van der Waals surface area contributed by atoms with E-state index in [1.807, 2.05) is 13.8 Å². The fourth-order valence-corrected chi connectivity index (χ4v) is 9.08. The Morgan fingerprint density at radius 3 is 2.48 bits per heavy atom. The van der Waals surface area contributed by atoms with E-state index in [1.54, 1.807) is 0 Å². The fraction of sp³-hybridized carbons (Fsp3) is 0.963. The van der Waals surface area contributed by atoms with Crippen molar-refractivity contribution in [2.24, 2.45) is 46.3 Å². The van der Waals surface area contributed by atoms with Gasteiger partial charge in [-0.3, -0.25) is 4.79 Å². The molecule has 0 saturated heterocycles. The predicted molar refractivity (Wildman–Crippen MR) is 120 cm³/mol. The summed E-state index contributed by atoms with van der Waals surface area (Å²) in [7, 11) is 0. The van der Waals surface area contributed by atoms with E-state index in [-0.39, 0.29) is 0 Å². The summed E-state index contributed by atoms with van der Waals surface area (Å²) in [6, 6.07) is 0. The van der Waals surface area contributed by atoms with Gasteiger partial charge in [-0.1, -0.05) is 33.6 Å². The van der Waals surface area contributed by atoms with Crippen molar-refractivity contribution in [1.82, 2.24) is 0 Å². The molecule has 0 heterocycles. The zero-order valence-electron chi connectivity index (χ0n) is 19.8. The molecular formula is C27H46O2. The SMILES string of the molecule is C[C@H](CCCC(C)(C)O)[C@H]1CC[C@H]2[C@@H]3CCC4CC(=O)CC[C@]4(C)[C@H]3CC[C@]12C. The molecule has 1 N–H and O–H groups in total. The summed E-state index contributed by atoms with van der Waals surface area (Å²) in [6.45, 7) is 11.6. The number of carbonyl (C=O) groups excluding carboxylic acids is 1. The van der Waals surface area contributed by atoms with Gasteiger partial charge in [0.05, 0.1) is 5.60 Å². The molecule has 0 aromatic rings. The summed E-state index contributed by atoms with van der Waals surface area (Å²) in [5.74, 6) is 5.56. The molecule has 166 valence electrons. The van der Waals surface area contributed by atoms with E-state index in [0.29, 0.717) is 22.5 Å². The Hall–Kier alpha value is -0.370. The highest BCUT2D eigenvalue weighted by Crippen LogP contribution is 2.68. The van der Waals surface area contributed by atoms with Crippen LogP contribution in [0.15, 0.2) is 0 Å². The van der Waals surface area contributed by atoms with Gasteiger partial charge in [0.15, 0.2) is 0 Å². The lowest BCUT2D eigenvalue weighted by Crippen LogP contribution is -2.53. The highest BCUT2D eigenvalue weighted by atomic mass is 16.3. The minimum absolute atomic E-state index is 0.439. The number of Topliss-reactive ketones (excluding diaryl/α,β-unsaturated/α-hetero) is 1. The molecule has 0 radical (unpaired) electrons. The van der Waals surface area contributed by atoms with E-state index < -0.39 is 5.60 Å². The third-order valence-electron chi connectivity index (χ3n) is 10.7. The Morgan fingerprint density at radius 2 is 1.76 bits per heavy atom. The van der Waals surface area contributed by atoms with Gasteiger partial charge in [-0.15, -0.1) is 0 Å². The summed E-state index contributed by atoms with van der Waals surface area (Å²) in [6.07, 6.45) is 14.6. The molecule has 0 bridgehead atoms. The number of aliphatic hydroxyl groups is 1. The summed E-state index contributed by atoms with van der Waals surface area (Å²) >= 11 is 0. The van der Waals surface area contributed by atoms with Crippen LogP contribution in [0.2, 0.25) is 0 Å². The number of hydrogen-bond donors (Lipinski definition) is 1. The Balaban J connectivity index is 1.45. The summed E-state index contributed by atoms with van der Waals surface area (Å²) < 4.78 is 0. The van der Waals surface area contributed by atoms with E-state index in [0.717, 1.165) is 61.7 Å². The number of carbonyl (C=O) groups is 1. The standard InChI is InChI=1S/C27H46O2/c1-18(7-6-14-25(2,3)29)22-10-11-23-21-9-8-19-17-20(28)12-15-26(19,4)24(21)13-16-27(22,23)5/h18-19,21-24,29H,6-17H2,1-5H3/t18-,19?,21+,22-,23+,24+,26+,27-/m1/s1. The maximum Gasteiger partial charge on any atom is 0.133 e. The van der Waals surface area contributed by atoms with E-state index in [4.69, 9.17) is 0 Å². The fourth-order valence-electron chi connectivity index (χ4n) is 9.08. The van der Waals surface area contributed by atoms with E-state index in [9.17, 15) is 9.90 Å². The second-order valence-electron chi connectivity index (χ2n) is 12.8. The molecule has 0 spiro atoms. The largest absolute Gasteiger partial charge is 0.390 e. The lowest BCUT2D eigenvalue weighted by atomic mass is 9.44. The molecule has 2 nitrogen and oxygen atoms in total. The highest BCUT2D eigenvalue weighted by Gasteiger charge is 2.60. The lowest BCUT2D eigenvalue weighted by Gasteiger charge is -2.60. The van der Waals surface area contributed by atoms with Crippen LogP contribution in [-0.2, 0) is 4.79 Å². The minimum Gasteiger partial charge on any atom is -0.390 e. The second-order valence-corrected chi connectivity index (χ2v) is 12.8. The van der Waals surface area contributed by atoms with Crippen LogP contribution < -0.4 is 0 Å². The van der Waals surface area contributed by atoms with Crippen molar-refractivity contribution in [1.29, 1.82) is 0 Å². The zero-order chi connectivity index (χ0) is 21.0. The van der Waals surface area contributed by atoms with Gasteiger partial charge in [0.2, 0.25) is 0 Å². The first-order chi connectivity index (χ1) is 13.5. The Bertz CT molecular complexity index is 619. The van der Waals surface area contributed by atoms with E-state index in [1.165, 1.54) is 44.9 Å². The van der Waals surface area contributed by atoms with Crippen LogP contribution in [0.4, 0.5) is 0 Å². The van der Waals surface area contributed by atoms with Crippen LogP contribution in [0, 0.1) is 46.3 Å². The molecule has 29 heavy (non-hydrogen) atoms. The number of rotatable bonds is 5. The van der Waals surface area contributed by atoms with Gasteiger partial charge < -0.3 is 5.11 Å². The van der Waals surface area contributed by atoms with Crippen LogP contribution in [-0.4, -0.2) is 16.5 Å².